The topological polar surface area (TPSA) is 41.6 Å². The van der Waals surface area contributed by atoms with Crippen molar-refractivity contribution in [3.8, 4) is 11.8 Å². The number of benzene rings is 2. The van der Waals surface area contributed by atoms with Crippen molar-refractivity contribution in [3.63, 3.8) is 0 Å². The lowest BCUT2D eigenvalue weighted by Crippen LogP contribution is -1.95. The Kier molecular flexibility index (Phi) is 2.13. The zero-order valence-corrected chi connectivity index (χ0v) is 9.04. The largest absolute Gasteiger partial charge is 0.233 e. The zero-order chi connectivity index (χ0) is 11.7. The van der Waals surface area contributed by atoms with Crippen molar-refractivity contribution in [2.45, 2.75) is 0 Å². The monoisotopic (exact) mass is 219 g/mol. The van der Waals surface area contributed by atoms with E-state index in [9.17, 15) is 0 Å². The van der Waals surface area contributed by atoms with E-state index in [1.807, 2.05) is 53.3 Å². The Labute approximate surface area is 98.5 Å². The molecule has 0 aliphatic rings. The third-order valence-electron chi connectivity index (χ3n) is 2.70. The molecule has 1 aromatic heterocycles. The summed E-state index contributed by atoms with van der Waals surface area (Å²) in [6.45, 7) is 0. The molecule has 3 rings (SSSR count). The van der Waals surface area contributed by atoms with Crippen molar-refractivity contribution in [2.75, 3.05) is 0 Å². The van der Waals surface area contributed by atoms with E-state index in [-0.39, 0.29) is 0 Å². The van der Waals surface area contributed by atoms with Gasteiger partial charge in [0.2, 0.25) is 0 Å². The number of aromatic nitrogens is 2. The Bertz CT molecular complexity index is 705. The fourth-order valence-electron chi connectivity index (χ4n) is 1.86. The average Bonchev–Trinajstić information content (AvgIpc) is 2.82. The van der Waals surface area contributed by atoms with Crippen LogP contribution in [0.4, 0.5) is 0 Å². The number of nitriles is 1. The highest BCUT2D eigenvalue weighted by atomic mass is 15.3. The summed E-state index contributed by atoms with van der Waals surface area (Å²) in [6, 6.07) is 17.6. The molecule has 0 bridgehead atoms. The molecule has 3 heteroatoms. The molecule has 1 heterocycles. The second kappa shape index (κ2) is 3.76. The van der Waals surface area contributed by atoms with E-state index >= 15 is 0 Å². The summed E-state index contributed by atoms with van der Waals surface area (Å²) in [5.74, 6) is 0. The van der Waals surface area contributed by atoms with Crippen LogP contribution in [-0.4, -0.2) is 9.78 Å². The second-order valence-corrected chi connectivity index (χ2v) is 3.78. The van der Waals surface area contributed by atoms with Crippen LogP contribution in [0.2, 0.25) is 0 Å². The fraction of sp³-hybridized carbons (Fsp3) is 0. The molecule has 0 saturated heterocycles. The third-order valence-corrected chi connectivity index (χ3v) is 2.70. The van der Waals surface area contributed by atoms with Gasteiger partial charge in [-0.25, -0.2) is 4.68 Å². The van der Waals surface area contributed by atoms with E-state index in [0.717, 1.165) is 16.6 Å². The molecule has 80 valence electrons. The molecule has 0 N–H and O–H groups in total. The van der Waals surface area contributed by atoms with Gasteiger partial charge in [-0.15, -0.1) is 0 Å². The summed E-state index contributed by atoms with van der Waals surface area (Å²) in [5.41, 5.74) is 2.60. The minimum Gasteiger partial charge on any atom is -0.233 e. The van der Waals surface area contributed by atoms with Crippen molar-refractivity contribution in [3.05, 3.63) is 60.3 Å². The van der Waals surface area contributed by atoms with E-state index in [0.29, 0.717) is 5.56 Å². The molecule has 3 nitrogen and oxygen atoms in total. The number of hydrogen-bond donors (Lipinski definition) is 0. The van der Waals surface area contributed by atoms with Gasteiger partial charge >= 0.3 is 0 Å². The van der Waals surface area contributed by atoms with Crippen molar-refractivity contribution in [1.82, 2.24) is 9.78 Å². The smallest absolute Gasteiger partial charge is 0.0992 e. The highest BCUT2D eigenvalue weighted by molar-refractivity contribution is 5.81. The van der Waals surface area contributed by atoms with Crippen LogP contribution >= 0.6 is 0 Å². The molecule has 0 fully saturated rings. The number of rotatable bonds is 1. The molecule has 0 radical (unpaired) electrons. The summed E-state index contributed by atoms with van der Waals surface area (Å²) in [4.78, 5) is 0. The lowest BCUT2D eigenvalue weighted by Gasteiger charge is -2.02. The van der Waals surface area contributed by atoms with Gasteiger partial charge in [0.1, 0.15) is 0 Å². The van der Waals surface area contributed by atoms with Crippen molar-refractivity contribution < 1.29 is 0 Å². The van der Waals surface area contributed by atoms with Gasteiger partial charge in [0.25, 0.3) is 0 Å². The van der Waals surface area contributed by atoms with Crippen LogP contribution in [0.15, 0.2) is 54.7 Å². The first-order valence-electron chi connectivity index (χ1n) is 5.32. The van der Waals surface area contributed by atoms with Crippen LogP contribution in [0.25, 0.3) is 16.6 Å². The molecule has 0 atom stereocenters. The minimum absolute atomic E-state index is 0.648. The van der Waals surface area contributed by atoms with E-state index in [2.05, 4.69) is 11.2 Å². The molecule has 0 saturated carbocycles. The molecule has 0 aliphatic carbocycles. The van der Waals surface area contributed by atoms with Crippen LogP contribution in [-0.2, 0) is 0 Å². The number of hydrogen-bond acceptors (Lipinski definition) is 2. The first-order chi connectivity index (χ1) is 8.38. The predicted octanol–water partition coefficient (Wildman–Crippen LogP) is 2.90. The van der Waals surface area contributed by atoms with Crippen LogP contribution in [0.3, 0.4) is 0 Å². The normalized spacial score (nSPS) is 10.3. The fourth-order valence-corrected chi connectivity index (χ4v) is 1.86. The van der Waals surface area contributed by atoms with Crippen molar-refractivity contribution in [2.24, 2.45) is 0 Å². The summed E-state index contributed by atoms with van der Waals surface area (Å²) >= 11 is 0. The molecule has 17 heavy (non-hydrogen) atoms. The number of para-hydroxylation sites is 1. The van der Waals surface area contributed by atoms with Crippen LogP contribution < -0.4 is 0 Å². The first kappa shape index (κ1) is 9.61. The lowest BCUT2D eigenvalue weighted by atomic mass is 10.2. The summed E-state index contributed by atoms with van der Waals surface area (Å²) in [7, 11) is 0. The van der Waals surface area contributed by atoms with E-state index in [1.54, 1.807) is 6.07 Å². The summed E-state index contributed by atoms with van der Waals surface area (Å²) in [5, 5.41) is 14.3. The quantitative estimate of drug-likeness (QED) is 0.631. The Hall–Kier alpha value is -2.60. The Balaban J connectivity index is 2.28. The van der Waals surface area contributed by atoms with Crippen molar-refractivity contribution in [1.29, 1.82) is 5.26 Å². The highest BCUT2D eigenvalue weighted by Gasteiger charge is 2.04. The van der Waals surface area contributed by atoms with E-state index in [4.69, 9.17) is 5.26 Å². The average molecular weight is 219 g/mol. The molecule has 0 amide bonds. The van der Waals surface area contributed by atoms with Gasteiger partial charge in [0, 0.05) is 5.39 Å². The predicted molar refractivity (Wildman–Crippen MR) is 65.8 cm³/mol. The zero-order valence-electron chi connectivity index (χ0n) is 9.04. The Morgan fingerprint density at radius 2 is 1.88 bits per heavy atom. The maximum absolute atomic E-state index is 8.92. The maximum Gasteiger partial charge on any atom is 0.0992 e. The SMILES string of the molecule is N#Cc1ccc2cnn(-c3ccccc3)c2c1. The van der Waals surface area contributed by atoms with Gasteiger partial charge in [-0.05, 0) is 30.3 Å². The van der Waals surface area contributed by atoms with Gasteiger partial charge in [0.05, 0.1) is 29.0 Å². The highest BCUT2D eigenvalue weighted by Crippen LogP contribution is 2.19. The van der Waals surface area contributed by atoms with Gasteiger partial charge in [-0.3, -0.25) is 0 Å². The second-order valence-electron chi connectivity index (χ2n) is 3.78. The van der Waals surface area contributed by atoms with Crippen LogP contribution in [0.1, 0.15) is 5.56 Å². The summed E-state index contributed by atoms with van der Waals surface area (Å²) < 4.78 is 1.84. The number of nitrogens with zero attached hydrogens (tertiary/aromatic N) is 3. The molecular weight excluding hydrogens is 210 g/mol. The Morgan fingerprint density at radius 3 is 2.65 bits per heavy atom. The molecule has 0 unspecified atom stereocenters. The maximum atomic E-state index is 8.92. The van der Waals surface area contributed by atoms with Gasteiger partial charge in [-0.1, -0.05) is 18.2 Å². The summed E-state index contributed by atoms with van der Waals surface area (Å²) in [6.07, 6.45) is 1.81. The van der Waals surface area contributed by atoms with Crippen LogP contribution in [0, 0.1) is 11.3 Å². The first-order valence-corrected chi connectivity index (χ1v) is 5.32. The van der Waals surface area contributed by atoms with Gasteiger partial charge in [-0.2, -0.15) is 10.4 Å². The van der Waals surface area contributed by atoms with E-state index in [1.165, 1.54) is 0 Å². The van der Waals surface area contributed by atoms with Gasteiger partial charge < -0.3 is 0 Å². The van der Waals surface area contributed by atoms with Crippen molar-refractivity contribution >= 4 is 10.9 Å². The Morgan fingerprint density at radius 1 is 1.06 bits per heavy atom. The standard InChI is InChI=1S/C14H9N3/c15-9-11-6-7-12-10-16-17(14(12)8-11)13-4-2-1-3-5-13/h1-8,10H. The molecular formula is C14H9N3. The van der Waals surface area contributed by atoms with Crippen LogP contribution in [0.5, 0.6) is 0 Å². The molecule has 3 aromatic rings. The lowest BCUT2D eigenvalue weighted by molar-refractivity contribution is 0.910. The van der Waals surface area contributed by atoms with E-state index < -0.39 is 0 Å². The molecule has 0 aliphatic heterocycles. The van der Waals surface area contributed by atoms with Gasteiger partial charge in [0.15, 0.2) is 0 Å². The number of fused-ring (bicyclic) bond motifs is 1. The minimum atomic E-state index is 0.648. The third kappa shape index (κ3) is 1.56. The molecule has 0 spiro atoms. The molecule has 2 aromatic carbocycles.